The molecule has 2 aliphatic carbocycles. The van der Waals surface area contributed by atoms with Crippen LogP contribution in [-0.2, 0) is 0 Å². The van der Waals surface area contributed by atoms with Crippen LogP contribution >= 0.6 is 0 Å². The molecule has 0 aromatic heterocycles. The average Bonchev–Trinajstić information content (AvgIpc) is 2.60. The molecule has 0 N–H and O–H groups in total. The van der Waals surface area contributed by atoms with E-state index in [9.17, 15) is 0 Å². The first-order valence-electron chi connectivity index (χ1n) is 5.08. The van der Waals surface area contributed by atoms with Crippen LogP contribution in [0.25, 0.3) is 0 Å². The van der Waals surface area contributed by atoms with Crippen molar-refractivity contribution in [3.8, 4) is 0 Å². The van der Waals surface area contributed by atoms with Crippen LogP contribution in [0.4, 0.5) is 0 Å². The molecule has 1 fully saturated rings. The fourth-order valence-corrected chi connectivity index (χ4v) is 3.02. The average molecular weight is 162 g/mol. The molecule has 3 unspecified atom stereocenters. The number of hydrogen-bond acceptors (Lipinski definition) is 0. The Morgan fingerprint density at radius 3 is 2.67 bits per heavy atom. The Bertz CT molecular complexity index is 232. The van der Waals surface area contributed by atoms with Gasteiger partial charge < -0.3 is 0 Å². The van der Waals surface area contributed by atoms with E-state index in [1.54, 1.807) is 5.57 Å². The lowest BCUT2D eigenvalue weighted by atomic mass is 9.80. The lowest BCUT2D eigenvalue weighted by Gasteiger charge is -2.24. The molecule has 0 saturated heterocycles. The third-order valence-corrected chi connectivity index (χ3v) is 3.44. The maximum Gasteiger partial charge on any atom is -0.00144 e. The summed E-state index contributed by atoms with van der Waals surface area (Å²) in [5.41, 5.74) is 1.71. The second-order valence-electron chi connectivity index (χ2n) is 4.45. The van der Waals surface area contributed by atoms with Crippen molar-refractivity contribution in [2.45, 2.75) is 27.2 Å². The summed E-state index contributed by atoms with van der Waals surface area (Å²) in [5, 5.41) is 0. The molecular formula is C12H18. The van der Waals surface area contributed by atoms with Gasteiger partial charge in [-0.15, -0.1) is 0 Å². The molecule has 0 aromatic carbocycles. The van der Waals surface area contributed by atoms with Crippen LogP contribution in [-0.4, -0.2) is 0 Å². The van der Waals surface area contributed by atoms with Crippen LogP contribution in [0.15, 0.2) is 23.8 Å². The van der Waals surface area contributed by atoms with Crippen LogP contribution in [0.1, 0.15) is 27.2 Å². The van der Waals surface area contributed by atoms with E-state index in [0.717, 1.165) is 23.7 Å². The minimum atomic E-state index is 0.799. The summed E-state index contributed by atoms with van der Waals surface area (Å²) in [6.45, 7) is 6.89. The van der Waals surface area contributed by atoms with Gasteiger partial charge in [-0.3, -0.25) is 0 Å². The minimum Gasteiger partial charge on any atom is -0.0875 e. The third kappa shape index (κ3) is 0.972. The van der Waals surface area contributed by atoms with Gasteiger partial charge in [-0.25, -0.2) is 0 Å². The molecular weight excluding hydrogens is 144 g/mol. The smallest absolute Gasteiger partial charge is 0.00144 e. The minimum absolute atomic E-state index is 0.799. The van der Waals surface area contributed by atoms with Crippen molar-refractivity contribution in [2.24, 2.45) is 23.7 Å². The predicted octanol–water partition coefficient (Wildman–Crippen LogP) is 3.41. The lowest BCUT2D eigenvalue weighted by molar-refractivity contribution is 0.384. The van der Waals surface area contributed by atoms with Crippen LogP contribution < -0.4 is 0 Å². The zero-order valence-corrected chi connectivity index (χ0v) is 8.25. The second-order valence-corrected chi connectivity index (χ2v) is 4.45. The van der Waals surface area contributed by atoms with E-state index < -0.39 is 0 Å². The van der Waals surface area contributed by atoms with Gasteiger partial charge in [-0.1, -0.05) is 37.6 Å². The summed E-state index contributed by atoms with van der Waals surface area (Å²) < 4.78 is 0. The van der Waals surface area contributed by atoms with Crippen molar-refractivity contribution >= 4 is 0 Å². The highest BCUT2D eigenvalue weighted by Crippen LogP contribution is 2.50. The first-order valence-corrected chi connectivity index (χ1v) is 5.08. The largest absolute Gasteiger partial charge is 0.0875 e. The number of rotatable bonds is 1. The highest BCUT2D eigenvalue weighted by Gasteiger charge is 2.40. The van der Waals surface area contributed by atoms with Gasteiger partial charge in [0.05, 0.1) is 0 Å². The normalized spacial score (nSPS) is 42.0. The van der Waals surface area contributed by atoms with Gasteiger partial charge in [0, 0.05) is 0 Å². The highest BCUT2D eigenvalue weighted by atomic mass is 14.4. The van der Waals surface area contributed by atoms with Gasteiger partial charge in [0.1, 0.15) is 0 Å². The summed E-state index contributed by atoms with van der Waals surface area (Å²) in [5.74, 6) is 3.33. The molecule has 0 heterocycles. The second kappa shape index (κ2) is 2.76. The number of allylic oxidation sites excluding steroid dienone is 4. The quantitative estimate of drug-likeness (QED) is 0.518. The molecule has 0 radical (unpaired) electrons. The molecule has 0 spiro atoms. The zero-order chi connectivity index (χ0) is 8.72. The van der Waals surface area contributed by atoms with Crippen LogP contribution in [0.2, 0.25) is 0 Å². The molecule has 12 heavy (non-hydrogen) atoms. The molecule has 1 saturated carbocycles. The van der Waals surface area contributed by atoms with Crippen molar-refractivity contribution in [2.75, 3.05) is 0 Å². The topological polar surface area (TPSA) is 0 Å². The Hall–Kier alpha value is -0.520. The Labute approximate surface area is 75.4 Å². The molecule has 0 heteroatoms. The summed E-state index contributed by atoms with van der Waals surface area (Å²) in [4.78, 5) is 0. The standard InChI is InChI=1S/C12H18/c1-4-11-9-5-6-10(7-9)12(11)8(2)3/h4-6,8-10,12H,7H2,1-3H3/b11-4+. The van der Waals surface area contributed by atoms with E-state index in [-0.39, 0.29) is 0 Å². The fraction of sp³-hybridized carbons (Fsp3) is 0.667. The van der Waals surface area contributed by atoms with E-state index in [0.29, 0.717) is 0 Å². The first-order chi connectivity index (χ1) is 5.74. The molecule has 3 atom stereocenters. The molecule has 2 aliphatic rings. The first kappa shape index (κ1) is 8.10. The molecule has 0 aromatic rings. The third-order valence-electron chi connectivity index (χ3n) is 3.44. The Kier molecular flexibility index (Phi) is 1.86. The van der Waals surface area contributed by atoms with Crippen LogP contribution in [0.5, 0.6) is 0 Å². The molecule has 2 rings (SSSR count). The van der Waals surface area contributed by atoms with Crippen LogP contribution in [0, 0.1) is 23.7 Å². The van der Waals surface area contributed by atoms with Crippen molar-refractivity contribution in [1.29, 1.82) is 0 Å². The Balaban J connectivity index is 2.29. The molecule has 0 nitrogen and oxygen atoms in total. The van der Waals surface area contributed by atoms with Gasteiger partial charge in [-0.2, -0.15) is 0 Å². The van der Waals surface area contributed by atoms with Crippen molar-refractivity contribution in [3.05, 3.63) is 23.8 Å². The van der Waals surface area contributed by atoms with E-state index in [1.165, 1.54) is 6.42 Å². The number of fused-ring (bicyclic) bond motifs is 2. The Morgan fingerprint density at radius 1 is 1.42 bits per heavy atom. The van der Waals surface area contributed by atoms with E-state index in [4.69, 9.17) is 0 Å². The van der Waals surface area contributed by atoms with E-state index in [1.807, 2.05) is 0 Å². The fourth-order valence-electron chi connectivity index (χ4n) is 3.02. The molecule has 0 aliphatic heterocycles. The van der Waals surface area contributed by atoms with Gasteiger partial charge in [0.15, 0.2) is 0 Å². The molecule has 2 bridgehead atoms. The maximum absolute atomic E-state index is 2.43. The van der Waals surface area contributed by atoms with Gasteiger partial charge in [0.2, 0.25) is 0 Å². The zero-order valence-electron chi connectivity index (χ0n) is 8.25. The summed E-state index contributed by atoms with van der Waals surface area (Å²) in [6.07, 6.45) is 8.57. The SMILES string of the molecule is C/C=C1\C2C=CC(C2)C1C(C)C. The molecule has 66 valence electrons. The summed E-state index contributed by atoms with van der Waals surface area (Å²) in [7, 11) is 0. The van der Waals surface area contributed by atoms with Gasteiger partial charge in [0.25, 0.3) is 0 Å². The molecule has 0 amide bonds. The predicted molar refractivity (Wildman–Crippen MR) is 52.8 cm³/mol. The van der Waals surface area contributed by atoms with E-state index in [2.05, 4.69) is 39.0 Å². The maximum atomic E-state index is 2.43. The van der Waals surface area contributed by atoms with E-state index >= 15 is 0 Å². The Morgan fingerprint density at radius 2 is 2.17 bits per heavy atom. The van der Waals surface area contributed by atoms with Gasteiger partial charge >= 0.3 is 0 Å². The monoisotopic (exact) mass is 162 g/mol. The highest BCUT2D eigenvalue weighted by molar-refractivity contribution is 5.30. The van der Waals surface area contributed by atoms with Crippen LogP contribution in [0.3, 0.4) is 0 Å². The summed E-state index contributed by atoms with van der Waals surface area (Å²) >= 11 is 0. The number of hydrogen-bond donors (Lipinski definition) is 0. The van der Waals surface area contributed by atoms with Crippen molar-refractivity contribution in [1.82, 2.24) is 0 Å². The summed E-state index contributed by atoms with van der Waals surface area (Å²) in [6, 6.07) is 0. The van der Waals surface area contributed by atoms with Gasteiger partial charge in [-0.05, 0) is 37.0 Å². The van der Waals surface area contributed by atoms with Crippen molar-refractivity contribution < 1.29 is 0 Å². The lowest BCUT2D eigenvalue weighted by Crippen LogP contribution is -2.16. The van der Waals surface area contributed by atoms with Crippen molar-refractivity contribution in [3.63, 3.8) is 0 Å².